The standard InChI is InChI=1S/C23H25IN6O2S/c1-4-13-30-21(15-25-19-11-9-18(24)10-12-19)27-29-23(30)33-16(2)22(31)28-26-14-17-7-5-6-8-20(17)32-3/h4-12,14,16,25H,1,13,15H2,2-3H3,(H,28,31)/b26-14-/t16-/m0/s1. The van der Waals surface area contributed by atoms with Gasteiger partial charge in [-0.1, -0.05) is 30.0 Å². The summed E-state index contributed by atoms with van der Waals surface area (Å²) < 4.78 is 8.40. The van der Waals surface area contributed by atoms with Crippen LogP contribution < -0.4 is 15.5 Å². The van der Waals surface area contributed by atoms with Gasteiger partial charge in [0.25, 0.3) is 5.91 Å². The van der Waals surface area contributed by atoms with Gasteiger partial charge in [0.05, 0.1) is 25.1 Å². The van der Waals surface area contributed by atoms with Gasteiger partial charge in [0, 0.05) is 21.4 Å². The molecule has 1 aromatic heterocycles. The summed E-state index contributed by atoms with van der Waals surface area (Å²) in [5.74, 6) is 1.21. The first-order chi connectivity index (χ1) is 16.0. The molecule has 0 radical (unpaired) electrons. The summed E-state index contributed by atoms with van der Waals surface area (Å²) in [5.41, 5.74) is 4.35. The van der Waals surface area contributed by atoms with Crippen molar-refractivity contribution in [2.75, 3.05) is 12.4 Å². The summed E-state index contributed by atoms with van der Waals surface area (Å²) in [7, 11) is 1.59. The van der Waals surface area contributed by atoms with E-state index in [9.17, 15) is 4.79 Å². The van der Waals surface area contributed by atoms with E-state index in [1.165, 1.54) is 15.3 Å². The number of ether oxygens (including phenoxy) is 1. The van der Waals surface area contributed by atoms with Gasteiger partial charge in [0.2, 0.25) is 0 Å². The zero-order valence-electron chi connectivity index (χ0n) is 18.4. The van der Waals surface area contributed by atoms with Gasteiger partial charge in [-0.15, -0.1) is 16.8 Å². The van der Waals surface area contributed by atoms with Gasteiger partial charge in [0.1, 0.15) is 5.75 Å². The van der Waals surface area contributed by atoms with E-state index in [2.05, 4.69) is 55.2 Å². The number of para-hydroxylation sites is 1. The number of nitrogens with zero attached hydrogens (tertiary/aromatic N) is 4. The summed E-state index contributed by atoms with van der Waals surface area (Å²) >= 11 is 3.59. The van der Waals surface area contributed by atoms with Crippen molar-refractivity contribution in [3.8, 4) is 5.75 Å². The molecule has 0 spiro atoms. The summed E-state index contributed by atoms with van der Waals surface area (Å²) in [6.07, 6.45) is 3.34. The number of nitrogens with one attached hydrogen (secondary N) is 2. The molecule has 2 aromatic carbocycles. The van der Waals surface area contributed by atoms with Crippen molar-refractivity contribution in [1.82, 2.24) is 20.2 Å². The smallest absolute Gasteiger partial charge is 0.253 e. The predicted molar refractivity (Wildman–Crippen MR) is 141 cm³/mol. The van der Waals surface area contributed by atoms with Crippen LogP contribution in [-0.2, 0) is 17.9 Å². The van der Waals surface area contributed by atoms with Gasteiger partial charge in [0.15, 0.2) is 11.0 Å². The fourth-order valence-electron chi connectivity index (χ4n) is 2.84. The number of hydrazone groups is 1. The summed E-state index contributed by atoms with van der Waals surface area (Å²) in [5, 5.41) is 16.2. The first-order valence-corrected chi connectivity index (χ1v) is 12.1. The van der Waals surface area contributed by atoms with Gasteiger partial charge >= 0.3 is 0 Å². The second-order valence-electron chi connectivity index (χ2n) is 6.89. The number of allylic oxidation sites excluding steroid dienone is 1. The van der Waals surface area contributed by atoms with Crippen molar-refractivity contribution in [3.63, 3.8) is 0 Å². The topological polar surface area (TPSA) is 93.4 Å². The molecule has 33 heavy (non-hydrogen) atoms. The third kappa shape index (κ3) is 7.06. The monoisotopic (exact) mass is 576 g/mol. The highest BCUT2D eigenvalue weighted by molar-refractivity contribution is 14.1. The number of amides is 1. The van der Waals surface area contributed by atoms with E-state index in [4.69, 9.17) is 4.74 Å². The molecule has 2 N–H and O–H groups in total. The second-order valence-corrected chi connectivity index (χ2v) is 9.45. The summed E-state index contributed by atoms with van der Waals surface area (Å²) in [6.45, 7) is 6.68. The lowest BCUT2D eigenvalue weighted by Gasteiger charge is -2.12. The van der Waals surface area contributed by atoms with Gasteiger partial charge < -0.3 is 14.6 Å². The molecule has 172 valence electrons. The Kier molecular flexibility index (Phi) is 9.31. The van der Waals surface area contributed by atoms with Crippen LogP contribution in [0.25, 0.3) is 0 Å². The SMILES string of the molecule is C=CCn1c(CNc2ccc(I)cc2)nnc1S[C@@H](C)C(=O)N/N=C\c1ccccc1OC. The van der Waals surface area contributed by atoms with Crippen molar-refractivity contribution in [2.24, 2.45) is 5.10 Å². The number of carbonyl (C=O) groups is 1. The zero-order chi connectivity index (χ0) is 23.6. The summed E-state index contributed by atoms with van der Waals surface area (Å²) in [4.78, 5) is 12.5. The van der Waals surface area contributed by atoms with E-state index in [0.717, 1.165) is 17.1 Å². The van der Waals surface area contributed by atoms with Crippen LogP contribution in [0.1, 0.15) is 18.3 Å². The number of carbonyl (C=O) groups excluding carboxylic acids is 1. The molecule has 3 rings (SSSR count). The number of halogens is 1. The fraction of sp³-hybridized carbons (Fsp3) is 0.217. The highest BCUT2D eigenvalue weighted by Crippen LogP contribution is 2.23. The van der Waals surface area contributed by atoms with E-state index < -0.39 is 5.25 Å². The normalized spacial score (nSPS) is 11.8. The van der Waals surface area contributed by atoms with Crippen molar-refractivity contribution < 1.29 is 9.53 Å². The van der Waals surface area contributed by atoms with Gasteiger partial charge in [-0.3, -0.25) is 4.79 Å². The molecule has 0 saturated heterocycles. The molecule has 0 aliphatic heterocycles. The highest BCUT2D eigenvalue weighted by Gasteiger charge is 2.19. The summed E-state index contributed by atoms with van der Waals surface area (Å²) in [6, 6.07) is 15.5. The fourth-order valence-corrected chi connectivity index (χ4v) is 4.07. The number of hydrogen-bond acceptors (Lipinski definition) is 7. The number of benzene rings is 2. The van der Waals surface area contributed by atoms with Crippen LogP contribution in [0, 0.1) is 3.57 Å². The van der Waals surface area contributed by atoms with Crippen molar-refractivity contribution in [2.45, 2.75) is 30.4 Å². The Morgan fingerprint density at radius 3 is 2.76 bits per heavy atom. The number of anilines is 1. The third-order valence-electron chi connectivity index (χ3n) is 4.57. The average molecular weight is 576 g/mol. The minimum absolute atomic E-state index is 0.238. The van der Waals surface area contributed by atoms with Gasteiger partial charge in [-0.05, 0) is 65.9 Å². The Hall–Kier alpha value is -2.86. The molecule has 0 fully saturated rings. The Morgan fingerprint density at radius 2 is 2.03 bits per heavy atom. The quantitative estimate of drug-likeness (QED) is 0.116. The third-order valence-corrected chi connectivity index (χ3v) is 6.37. The minimum Gasteiger partial charge on any atom is -0.496 e. The maximum atomic E-state index is 12.5. The first-order valence-electron chi connectivity index (χ1n) is 10.2. The van der Waals surface area contributed by atoms with Crippen LogP contribution in [0.3, 0.4) is 0 Å². The Balaban J connectivity index is 1.61. The van der Waals surface area contributed by atoms with Crippen LogP contribution in [0.4, 0.5) is 5.69 Å². The van der Waals surface area contributed by atoms with E-state index in [1.54, 1.807) is 26.3 Å². The molecular weight excluding hydrogens is 551 g/mol. The molecule has 8 nitrogen and oxygen atoms in total. The lowest BCUT2D eigenvalue weighted by Crippen LogP contribution is -2.27. The molecular formula is C23H25IN6O2S. The molecule has 3 aromatic rings. The maximum absolute atomic E-state index is 12.5. The van der Waals surface area contributed by atoms with E-state index >= 15 is 0 Å². The molecule has 10 heteroatoms. The number of aromatic nitrogens is 3. The largest absolute Gasteiger partial charge is 0.496 e. The molecule has 0 aliphatic carbocycles. The van der Waals surface area contributed by atoms with Crippen LogP contribution in [0.2, 0.25) is 0 Å². The lowest BCUT2D eigenvalue weighted by molar-refractivity contribution is -0.120. The van der Waals surface area contributed by atoms with Crippen LogP contribution >= 0.6 is 34.4 Å². The number of thioether (sulfide) groups is 1. The van der Waals surface area contributed by atoms with Gasteiger partial charge in [-0.2, -0.15) is 5.10 Å². The van der Waals surface area contributed by atoms with Crippen molar-refractivity contribution in [1.29, 1.82) is 0 Å². The van der Waals surface area contributed by atoms with Crippen LogP contribution in [0.15, 0.2) is 71.4 Å². The van der Waals surface area contributed by atoms with Gasteiger partial charge in [-0.25, -0.2) is 5.43 Å². The lowest BCUT2D eigenvalue weighted by atomic mass is 10.2. The molecule has 0 aliphatic rings. The van der Waals surface area contributed by atoms with E-state index in [1.807, 2.05) is 53.1 Å². The molecule has 0 saturated carbocycles. The molecule has 0 bridgehead atoms. The predicted octanol–water partition coefficient (Wildman–Crippen LogP) is 4.32. The number of methoxy groups -OCH3 is 1. The minimum atomic E-state index is -0.426. The van der Waals surface area contributed by atoms with Crippen LogP contribution in [-0.4, -0.2) is 39.2 Å². The average Bonchev–Trinajstić information content (AvgIpc) is 3.20. The van der Waals surface area contributed by atoms with E-state index in [0.29, 0.717) is 24.0 Å². The molecule has 1 heterocycles. The second kappa shape index (κ2) is 12.4. The van der Waals surface area contributed by atoms with Crippen molar-refractivity contribution in [3.05, 3.63) is 76.1 Å². The molecule has 1 atom stereocenters. The number of hydrogen-bond donors (Lipinski definition) is 2. The Bertz CT molecular complexity index is 1120. The maximum Gasteiger partial charge on any atom is 0.253 e. The molecule has 1 amide bonds. The molecule has 0 unspecified atom stereocenters. The number of rotatable bonds is 11. The highest BCUT2D eigenvalue weighted by atomic mass is 127. The Labute approximate surface area is 211 Å². The first kappa shape index (κ1) is 24.8. The van der Waals surface area contributed by atoms with E-state index in [-0.39, 0.29) is 5.91 Å². The van der Waals surface area contributed by atoms with Crippen molar-refractivity contribution >= 4 is 52.2 Å². The Morgan fingerprint density at radius 1 is 1.27 bits per heavy atom. The van der Waals surface area contributed by atoms with Crippen LogP contribution in [0.5, 0.6) is 5.75 Å². The zero-order valence-corrected chi connectivity index (χ0v) is 21.3.